The van der Waals surface area contributed by atoms with Crippen LogP contribution >= 0.6 is 0 Å². The number of ketones is 1. The predicted molar refractivity (Wildman–Crippen MR) is 70.0 cm³/mol. The first kappa shape index (κ1) is 15.4. The van der Waals surface area contributed by atoms with Crippen LogP contribution < -0.4 is 0 Å². The molecule has 0 radical (unpaired) electrons. The Morgan fingerprint density at radius 3 is 2.43 bits per heavy atom. The lowest BCUT2D eigenvalue weighted by Gasteiger charge is -2.14. The van der Waals surface area contributed by atoms with E-state index in [9.17, 15) is 22.4 Å². The van der Waals surface area contributed by atoms with E-state index < -0.39 is 31.3 Å². The van der Waals surface area contributed by atoms with Gasteiger partial charge >= 0.3 is 12.3 Å². The number of benzene rings is 2. The van der Waals surface area contributed by atoms with Crippen molar-refractivity contribution in [3.8, 4) is 0 Å². The average Bonchev–Trinajstić information content (AvgIpc) is 2.46. The summed E-state index contributed by atoms with van der Waals surface area (Å²) >= 11 is 0. The number of fused-ring (bicyclic) bond motifs is 1. The van der Waals surface area contributed by atoms with Crippen molar-refractivity contribution in [3.63, 3.8) is 0 Å². The van der Waals surface area contributed by atoms with E-state index in [4.69, 9.17) is 0 Å². The molecule has 0 saturated heterocycles. The summed E-state index contributed by atoms with van der Waals surface area (Å²) in [6, 6.07) is 12.2. The molecule has 0 heterocycles. The van der Waals surface area contributed by atoms with Gasteiger partial charge in [0.25, 0.3) is 0 Å². The lowest BCUT2D eigenvalue weighted by Crippen LogP contribution is -2.33. The van der Waals surface area contributed by atoms with E-state index in [1.807, 2.05) is 12.1 Å². The van der Waals surface area contributed by atoms with Crippen molar-refractivity contribution in [1.29, 1.82) is 0 Å². The van der Waals surface area contributed by atoms with Crippen molar-refractivity contribution >= 4 is 16.6 Å². The molecule has 0 aliphatic heterocycles. The molecule has 21 heavy (non-hydrogen) atoms. The highest BCUT2D eigenvalue weighted by Crippen LogP contribution is 2.23. The largest absolute Gasteiger partial charge is 0.367 e. The summed E-state index contributed by atoms with van der Waals surface area (Å²) < 4.78 is 53.5. The molecule has 0 unspecified atom stereocenters. The minimum Gasteiger partial charge on any atom is -0.367 e. The zero-order valence-corrected chi connectivity index (χ0v) is 10.9. The SMILES string of the molecule is O=C(COCC(F)(F)C(F)F)c1ccc2ccccc2c1. The molecule has 0 spiro atoms. The number of carbonyl (C=O) groups excluding carboxylic acids is 1. The van der Waals surface area contributed by atoms with Crippen LogP contribution in [0.3, 0.4) is 0 Å². The Morgan fingerprint density at radius 2 is 1.76 bits per heavy atom. The zero-order chi connectivity index (χ0) is 15.5. The van der Waals surface area contributed by atoms with E-state index in [0.717, 1.165) is 10.8 Å². The van der Waals surface area contributed by atoms with Crippen LogP contribution in [0.1, 0.15) is 10.4 Å². The highest BCUT2D eigenvalue weighted by atomic mass is 19.3. The summed E-state index contributed by atoms with van der Waals surface area (Å²) in [5, 5.41) is 1.75. The summed E-state index contributed by atoms with van der Waals surface area (Å²) in [6.07, 6.45) is -3.81. The maximum absolute atomic E-state index is 12.6. The molecule has 0 aliphatic rings. The van der Waals surface area contributed by atoms with Crippen LogP contribution in [0.2, 0.25) is 0 Å². The monoisotopic (exact) mass is 300 g/mol. The van der Waals surface area contributed by atoms with Gasteiger partial charge in [-0.1, -0.05) is 36.4 Å². The Kier molecular flexibility index (Phi) is 4.57. The fraction of sp³-hybridized carbons (Fsp3) is 0.267. The van der Waals surface area contributed by atoms with Gasteiger partial charge in [-0.2, -0.15) is 8.78 Å². The van der Waals surface area contributed by atoms with Crippen LogP contribution in [0.25, 0.3) is 10.8 Å². The van der Waals surface area contributed by atoms with Gasteiger partial charge in [-0.05, 0) is 16.8 Å². The van der Waals surface area contributed by atoms with Gasteiger partial charge in [-0.25, -0.2) is 8.78 Å². The molecule has 2 rings (SSSR count). The fourth-order valence-corrected chi connectivity index (χ4v) is 1.79. The number of Topliss-reactive ketones (excluding diaryl/α,β-unsaturated/α-hetero) is 1. The van der Waals surface area contributed by atoms with Crippen LogP contribution in [0.5, 0.6) is 0 Å². The Hall–Kier alpha value is -1.95. The summed E-state index contributed by atoms with van der Waals surface area (Å²) in [4.78, 5) is 11.8. The quantitative estimate of drug-likeness (QED) is 0.596. The maximum atomic E-state index is 12.6. The molecule has 6 heteroatoms. The van der Waals surface area contributed by atoms with Crippen molar-refractivity contribution in [3.05, 3.63) is 48.0 Å². The number of halogens is 4. The molecule has 0 bridgehead atoms. The Morgan fingerprint density at radius 1 is 1.10 bits per heavy atom. The molecule has 112 valence electrons. The first-order valence-corrected chi connectivity index (χ1v) is 6.16. The third kappa shape index (κ3) is 3.78. The van der Waals surface area contributed by atoms with Gasteiger partial charge in [-0.3, -0.25) is 4.79 Å². The van der Waals surface area contributed by atoms with E-state index in [2.05, 4.69) is 4.74 Å². The van der Waals surface area contributed by atoms with Gasteiger partial charge in [0.1, 0.15) is 13.2 Å². The minimum atomic E-state index is -4.25. The smallest absolute Gasteiger partial charge is 0.330 e. The van der Waals surface area contributed by atoms with Gasteiger partial charge in [0, 0.05) is 5.56 Å². The number of alkyl halides is 4. The molecule has 2 aromatic rings. The van der Waals surface area contributed by atoms with E-state index in [0.29, 0.717) is 0 Å². The Balaban J connectivity index is 1.99. The van der Waals surface area contributed by atoms with E-state index in [1.165, 1.54) is 0 Å². The number of hydrogen-bond acceptors (Lipinski definition) is 2. The summed E-state index contributed by atoms with van der Waals surface area (Å²) in [6.45, 7) is -2.15. The summed E-state index contributed by atoms with van der Waals surface area (Å²) in [5.41, 5.74) is 0.286. The molecule has 0 amide bonds. The molecule has 0 aliphatic carbocycles. The molecule has 0 fully saturated rings. The van der Waals surface area contributed by atoms with E-state index in [-0.39, 0.29) is 5.56 Å². The standard InChI is InChI=1S/C15H12F4O2/c16-14(17)15(18,19)9-21-8-13(20)12-6-5-10-3-1-2-4-11(10)7-12/h1-7,14H,8-9H2. The topological polar surface area (TPSA) is 26.3 Å². The second kappa shape index (κ2) is 6.22. The Labute approximate surface area is 118 Å². The second-order valence-electron chi connectivity index (χ2n) is 4.54. The predicted octanol–water partition coefficient (Wildman–Crippen LogP) is 3.94. The van der Waals surface area contributed by atoms with Gasteiger partial charge in [0.05, 0.1) is 0 Å². The third-order valence-corrected chi connectivity index (χ3v) is 2.92. The van der Waals surface area contributed by atoms with Gasteiger partial charge < -0.3 is 4.74 Å². The van der Waals surface area contributed by atoms with Crippen molar-refractivity contribution < 1.29 is 27.1 Å². The van der Waals surface area contributed by atoms with Crippen molar-refractivity contribution in [2.24, 2.45) is 0 Å². The second-order valence-corrected chi connectivity index (χ2v) is 4.54. The number of hydrogen-bond donors (Lipinski definition) is 0. The van der Waals surface area contributed by atoms with Crippen molar-refractivity contribution in [2.75, 3.05) is 13.2 Å². The minimum absolute atomic E-state index is 0.286. The molecule has 2 nitrogen and oxygen atoms in total. The molecule has 0 aromatic heterocycles. The summed E-state index contributed by atoms with van der Waals surface area (Å²) in [5.74, 6) is -4.78. The van der Waals surface area contributed by atoms with E-state index in [1.54, 1.807) is 30.3 Å². The molecule has 0 atom stereocenters. The van der Waals surface area contributed by atoms with Crippen molar-refractivity contribution in [1.82, 2.24) is 0 Å². The Bertz CT molecular complexity index is 640. The van der Waals surface area contributed by atoms with E-state index >= 15 is 0 Å². The van der Waals surface area contributed by atoms with Crippen LogP contribution in [-0.2, 0) is 4.74 Å². The normalized spacial score (nSPS) is 12.0. The number of rotatable bonds is 6. The summed E-state index contributed by atoms with van der Waals surface area (Å²) in [7, 11) is 0. The highest BCUT2D eigenvalue weighted by molar-refractivity contribution is 6.00. The third-order valence-electron chi connectivity index (χ3n) is 2.92. The van der Waals surface area contributed by atoms with Crippen LogP contribution in [0.15, 0.2) is 42.5 Å². The average molecular weight is 300 g/mol. The maximum Gasteiger partial charge on any atom is 0.330 e. The van der Waals surface area contributed by atoms with Gasteiger partial charge in [0.15, 0.2) is 5.78 Å². The first-order valence-electron chi connectivity index (χ1n) is 6.16. The lowest BCUT2D eigenvalue weighted by atomic mass is 10.0. The van der Waals surface area contributed by atoms with Crippen LogP contribution in [0, 0.1) is 0 Å². The molecule has 0 saturated carbocycles. The molecule has 2 aromatic carbocycles. The fourth-order valence-electron chi connectivity index (χ4n) is 1.79. The van der Waals surface area contributed by atoms with Crippen molar-refractivity contribution in [2.45, 2.75) is 12.3 Å². The molecule has 0 N–H and O–H groups in total. The lowest BCUT2D eigenvalue weighted by molar-refractivity contribution is -0.163. The first-order chi connectivity index (χ1) is 9.90. The van der Waals surface area contributed by atoms with Gasteiger partial charge in [0.2, 0.25) is 0 Å². The zero-order valence-electron chi connectivity index (χ0n) is 10.9. The molecular weight excluding hydrogens is 288 g/mol. The number of ether oxygens (including phenoxy) is 1. The molecular formula is C15H12F4O2. The highest BCUT2D eigenvalue weighted by Gasteiger charge is 2.41. The van der Waals surface area contributed by atoms with Gasteiger partial charge in [-0.15, -0.1) is 0 Å². The number of carbonyl (C=O) groups is 1. The van der Waals surface area contributed by atoms with Crippen LogP contribution in [0.4, 0.5) is 17.6 Å². The van der Waals surface area contributed by atoms with Crippen LogP contribution in [-0.4, -0.2) is 31.3 Å².